The van der Waals surface area contributed by atoms with E-state index in [2.05, 4.69) is 23.3 Å². The molecule has 0 saturated carbocycles. The van der Waals surface area contributed by atoms with Crippen LogP contribution in [0.2, 0.25) is 0 Å². The van der Waals surface area contributed by atoms with Gasteiger partial charge in [-0.3, -0.25) is 9.78 Å². The van der Waals surface area contributed by atoms with Crippen molar-refractivity contribution >= 4 is 12.1 Å². The highest BCUT2D eigenvalue weighted by Crippen LogP contribution is 2.35. The van der Waals surface area contributed by atoms with Crippen LogP contribution < -0.4 is 10.1 Å². The summed E-state index contributed by atoms with van der Waals surface area (Å²) in [6.07, 6.45) is 6.18. The number of aryl methyl sites for hydroxylation is 1. The lowest BCUT2D eigenvalue weighted by atomic mass is 9.99. The number of carbonyl (C=O) groups is 1. The van der Waals surface area contributed by atoms with E-state index < -0.39 is 0 Å². The molecular formula is C17H20N2O2. The number of hydrogen-bond donors (Lipinski definition) is 1. The Morgan fingerprint density at radius 3 is 2.81 bits per heavy atom. The predicted octanol–water partition coefficient (Wildman–Crippen LogP) is 3.67. The lowest BCUT2D eigenvalue weighted by Gasteiger charge is -2.16. The van der Waals surface area contributed by atoms with Crippen molar-refractivity contribution in [2.24, 2.45) is 0 Å². The van der Waals surface area contributed by atoms with Gasteiger partial charge in [0.25, 0.3) is 0 Å². The molecule has 0 atom stereocenters. The Hall–Kier alpha value is -2.36. The zero-order chi connectivity index (χ0) is 15.1. The molecule has 0 aliphatic heterocycles. The minimum Gasteiger partial charge on any atom is -0.493 e. The summed E-state index contributed by atoms with van der Waals surface area (Å²) < 4.78 is 5.73. The molecule has 1 aromatic heterocycles. The minimum atomic E-state index is 0.570. The fourth-order valence-corrected chi connectivity index (χ4v) is 2.32. The summed E-state index contributed by atoms with van der Waals surface area (Å²) in [5.41, 5.74) is 3.93. The Labute approximate surface area is 125 Å². The van der Waals surface area contributed by atoms with Crippen molar-refractivity contribution < 1.29 is 9.53 Å². The van der Waals surface area contributed by atoms with Crippen LogP contribution >= 0.6 is 0 Å². The fraction of sp³-hybridized carbons (Fsp3) is 0.294. The normalized spacial score (nSPS) is 10.2. The van der Waals surface area contributed by atoms with E-state index in [1.807, 2.05) is 31.3 Å². The van der Waals surface area contributed by atoms with Crippen LogP contribution in [0.25, 0.3) is 11.1 Å². The second-order valence-corrected chi connectivity index (χ2v) is 4.69. The van der Waals surface area contributed by atoms with Crippen LogP contribution in [0.15, 0.2) is 36.7 Å². The standard InChI is InChI=1S/C17H20N2O2/c1-3-6-13-9-15(14-7-5-8-18-11-14)17(21-4-2)10-16(13)19-12-20/h5,7-12H,3-4,6H2,1-2H3,(H,19,20). The lowest BCUT2D eigenvalue weighted by Crippen LogP contribution is -2.02. The van der Waals surface area contributed by atoms with Gasteiger partial charge in [-0.2, -0.15) is 0 Å². The third kappa shape index (κ3) is 3.60. The predicted molar refractivity (Wildman–Crippen MR) is 84.5 cm³/mol. The molecule has 0 saturated heterocycles. The van der Waals surface area contributed by atoms with Crippen LogP contribution in [0.1, 0.15) is 25.8 Å². The van der Waals surface area contributed by atoms with E-state index in [1.165, 1.54) is 0 Å². The number of pyridine rings is 1. The molecule has 0 unspecified atom stereocenters. The summed E-state index contributed by atoms with van der Waals surface area (Å²) in [6, 6.07) is 7.89. The van der Waals surface area contributed by atoms with Gasteiger partial charge in [0.1, 0.15) is 5.75 Å². The SMILES string of the molecule is CCCc1cc(-c2cccnc2)c(OCC)cc1NC=O. The summed E-state index contributed by atoms with van der Waals surface area (Å²) >= 11 is 0. The van der Waals surface area contributed by atoms with Gasteiger partial charge < -0.3 is 10.1 Å². The third-order valence-corrected chi connectivity index (χ3v) is 3.21. The maximum absolute atomic E-state index is 10.8. The van der Waals surface area contributed by atoms with E-state index in [1.54, 1.807) is 6.20 Å². The van der Waals surface area contributed by atoms with Gasteiger partial charge in [0.15, 0.2) is 0 Å². The molecule has 1 aromatic carbocycles. The van der Waals surface area contributed by atoms with Gasteiger partial charge in [-0.15, -0.1) is 0 Å². The molecule has 0 aliphatic rings. The van der Waals surface area contributed by atoms with Crippen LogP contribution in [0.3, 0.4) is 0 Å². The molecule has 4 nitrogen and oxygen atoms in total. The molecule has 2 rings (SSSR count). The van der Waals surface area contributed by atoms with Crippen molar-refractivity contribution in [3.8, 4) is 16.9 Å². The second-order valence-electron chi connectivity index (χ2n) is 4.69. The molecule has 1 amide bonds. The van der Waals surface area contributed by atoms with Crippen molar-refractivity contribution in [1.82, 2.24) is 4.98 Å². The minimum absolute atomic E-state index is 0.570. The summed E-state index contributed by atoms with van der Waals surface area (Å²) in [4.78, 5) is 15.0. The molecule has 4 heteroatoms. The molecule has 0 radical (unpaired) electrons. The van der Waals surface area contributed by atoms with E-state index in [9.17, 15) is 4.79 Å². The van der Waals surface area contributed by atoms with Gasteiger partial charge in [-0.1, -0.05) is 19.4 Å². The highest BCUT2D eigenvalue weighted by molar-refractivity contribution is 5.80. The molecule has 21 heavy (non-hydrogen) atoms. The maximum Gasteiger partial charge on any atom is 0.211 e. The summed E-state index contributed by atoms with van der Waals surface area (Å²) in [5, 5.41) is 2.76. The Balaban J connectivity index is 2.55. The van der Waals surface area contributed by atoms with E-state index in [-0.39, 0.29) is 0 Å². The third-order valence-electron chi connectivity index (χ3n) is 3.21. The number of anilines is 1. The van der Waals surface area contributed by atoms with Crippen LogP contribution in [-0.2, 0) is 11.2 Å². The average Bonchev–Trinajstić information content (AvgIpc) is 2.51. The molecule has 2 aromatic rings. The second kappa shape index (κ2) is 7.43. The molecule has 1 N–H and O–H groups in total. The number of amides is 1. The Morgan fingerprint density at radius 1 is 1.33 bits per heavy atom. The topological polar surface area (TPSA) is 51.2 Å². The molecule has 0 bridgehead atoms. The summed E-state index contributed by atoms with van der Waals surface area (Å²) in [6.45, 7) is 4.63. The lowest BCUT2D eigenvalue weighted by molar-refractivity contribution is -0.105. The number of ether oxygens (including phenoxy) is 1. The molecule has 0 spiro atoms. The van der Waals surface area contributed by atoms with Gasteiger partial charge in [-0.05, 0) is 31.0 Å². The number of hydrogen-bond acceptors (Lipinski definition) is 3. The quantitative estimate of drug-likeness (QED) is 0.789. The van der Waals surface area contributed by atoms with Crippen LogP contribution in [0, 0.1) is 0 Å². The van der Waals surface area contributed by atoms with Crippen LogP contribution in [0.4, 0.5) is 5.69 Å². The first-order valence-corrected chi connectivity index (χ1v) is 7.20. The number of rotatable bonds is 7. The molecule has 0 fully saturated rings. The van der Waals surface area contributed by atoms with Crippen molar-refractivity contribution in [2.75, 3.05) is 11.9 Å². The number of nitrogens with zero attached hydrogens (tertiary/aromatic N) is 1. The first kappa shape index (κ1) is 15.0. The van der Waals surface area contributed by atoms with Gasteiger partial charge >= 0.3 is 0 Å². The largest absolute Gasteiger partial charge is 0.493 e. The Morgan fingerprint density at radius 2 is 2.19 bits per heavy atom. The number of nitrogens with one attached hydrogen (secondary N) is 1. The average molecular weight is 284 g/mol. The first-order valence-electron chi connectivity index (χ1n) is 7.20. The Bertz CT molecular complexity index is 597. The molecule has 110 valence electrons. The molecule has 0 aliphatic carbocycles. The van der Waals surface area contributed by atoms with E-state index in [0.29, 0.717) is 13.0 Å². The Kier molecular flexibility index (Phi) is 5.32. The van der Waals surface area contributed by atoms with Crippen LogP contribution in [0.5, 0.6) is 5.75 Å². The van der Waals surface area contributed by atoms with Gasteiger partial charge in [0.2, 0.25) is 6.41 Å². The number of carbonyl (C=O) groups excluding carboxylic acids is 1. The van der Waals surface area contributed by atoms with Crippen molar-refractivity contribution in [3.63, 3.8) is 0 Å². The monoisotopic (exact) mass is 284 g/mol. The zero-order valence-electron chi connectivity index (χ0n) is 12.4. The van der Waals surface area contributed by atoms with Gasteiger partial charge in [0.05, 0.1) is 6.61 Å². The fourth-order valence-electron chi connectivity index (χ4n) is 2.32. The smallest absolute Gasteiger partial charge is 0.211 e. The maximum atomic E-state index is 10.8. The van der Waals surface area contributed by atoms with Gasteiger partial charge in [0, 0.05) is 35.3 Å². The first-order chi connectivity index (χ1) is 10.3. The van der Waals surface area contributed by atoms with E-state index >= 15 is 0 Å². The van der Waals surface area contributed by atoms with Crippen molar-refractivity contribution in [3.05, 3.63) is 42.2 Å². The van der Waals surface area contributed by atoms with Crippen LogP contribution in [-0.4, -0.2) is 18.0 Å². The molecular weight excluding hydrogens is 264 g/mol. The van der Waals surface area contributed by atoms with Crippen molar-refractivity contribution in [2.45, 2.75) is 26.7 Å². The number of aromatic nitrogens is 1. The van der Waals surface area contributed by atoms with E-state index in [0.717, 1.165) is 41.0 Å². The zero-order valence-corrected chi connectivity index (χ0v) is 12.4. The van der Waals surface area contributed by atoms with Crippen molar-refractivity contribution in [1.29, 1.82) is 0 Å². The van der Waals surface area contributed by atoms with E-state index in [4.69, 9.17) is 4.74 Å². The van der Waals surface area contributed by atoms with Gasteiger partial charge in [-0.25, -0.2) is 0 Å². The summed E-state index contributed by atoms with van der Waals surface area (Å²) in [7, 11) is 0. The summed E-state index contributed by atoms with van der Waals surface area (Å²) in [5.74, 6) is 0.759. The molecule has 1 heterocycles. The highest BCUT2D eigenvalue weighted by atomic mass is 16.5. The highest BCUT2D eigenvalue weighted by Gasteiger charge is 2.12. The number of benzene rings is 1.